The van der Waals surface area contributed by atoms with E-state index < -0.39 is 5.60 Å². The molecule has 2 aromatic heterocycles. The number of aromatic nitrogens is 3. The van der Waals surface area contributed by atoms with Crippen LogP contribution in [0.25, 0.3) is 5.52 Å². The number of aliphatic hydroxyl groups is 1. The van der Waals surface area contributed by atoms with Crippen LogP contribution in [0, 0.1) is 6.92 Å². The summed E-state index contributed by atoms with van der Waals surface area (Å²) in [6, 6.07) is 2.02. The maximum atomic E-state index is 10.0. The number of hydrogen-bond acceptors (Lipinski definition) is 4. The van der Waals surface area contributed by atoms with Crippen molar-refractivity contribution < 1.29 is 5.11 Å². The van der Waals surface area contributed by atoms with Crippen molar-refractivity contribution in [3.8, 4) is 0 Å². The zero-order valence-electron chi connectivity index (χ0n) is 10.1. The number of anilines is 1. The second-order valence-electron chi connectivity index (χ2n) is 4.80. The molecule has 5 nitrogen and oxygen atoms in total. The molecule has 5 heteroatoms. The highest BCUT2D eigenvalue weighted by molar-refractivity contribution is 5.70. The Morgan fingerprint density at radius 3 is 2.94 bits per heavy atom. The lowest BCUT2D eigenvalue weighted by Gasteiger charge is -2.46. The van der Waals surface area contributed by atoms with Crippen molar-refractivity contribution in [2.75, 3.05) is 18.0 Å². The summed E-state index contributed by atoms with van der Waals surface area (Å²) in [4.78, 5) is 6.49. The van der Waals surface area contributed by atoms with Crippen LogP contribution in [0.4, 0.5) is 5.82 Å². The molecule has 1 aliphatic heterocycles. The SMILES string of the molecule is CCC1(O)CN(c2nccn3nc(C)cc23)C1. The van der Waals surface area contributed by atoms with E-state index in [1.807, 2.05) is 30.6 Å². The van der Waals surface area contributed by atoms with Crippen LogP contribution in [-0.4, -0.2) is 38.4 Å². The van der Waals surface area contributed by atoms with E-state index in [4.69, 9.17) is 0 Å². The number of nitrogens with zero attached hydrogens (tertiary/aromatic N) is 4. The number of aryl methyl sites for hydroxylation is 1. The third-order valence-electron chi connectivity index (χ3n) is 3.42. The molecule has 0 bridgehead atoms. The molecule has 3 heterocycles. The minimum atomic E-state index is -0.538. The molecule has 0 amide bonds. The summed E-state index contributed by atoms with van der Waals surface area (Å²) in [6.45, 7) is 5.28. The molecular formula is C12H16N4O. The van der Waals surface area contributed by atoms with E-state index in [-0.39, 0.29) is 0 Å². The van der Waals surface area contributed by atoms with Crippen LogP contribution in [0.1, 0.15) is 19.0 Å². The fraction of sp³-hybridized carbons (Fsp3) is 0.500. The summed E-state index contributed by atoms with van der Waals surface area (Å²) in [6.07, 6.45) is 4.38. The lowest BCUT2D eigenvalue weighted by Crippen LogP contribution is -2.62. The molecule has 2 aromatic rings. The second kappa shape index (κ2) is 3.43. The molecule has 0 saturated carbocycles. The number of hydrogen-bond donors (Lipinski definition) is 1. The Morgan fingerprint density at radius 2 is 2.24 bits per heavy atom. The van der Waals surface area contributed by atoms with Gasteiger partial charge in [0.1, 0.15) is 5.52 Å². The lowest BCUT2D eigenvalue weighted by molar-refractivity contribution is 0.00820. The predicted octanol–water partition coefficient (Wildman–Crippen LogP) is 0.999. The molecule has 1 aliphatic rings. The van der Waals surface area contributed by atoms with E-state index in [0.29, 0.717) is 13.1 Å². The van der Waals surface area contributed by atoms with Crippen LogP contribution in [0.5, 0.6) is 0 Å². The zero-order valence-corrected chi connectivity index (χ0v) is 10.1. The highest BCUT2D eigenvalue weighted by atomic mass is 16.3. The van der Waals surface area contributed by atoms with E-state index in [9.17, 15) is 5.11 Å². The fourth-order valence-electron chi connectivity index (χ4n) is 2.31. The standard InChI is InChI=1S/C12H16N4O/c1-3-12(17)7-15(8-12)11-10-6-9(2)14-16(10)5-4-13-11/h4-6,17H,3,7-8H2,1-2H3. The van der Waals surface area contributed by atoms with Crippen molar-refractivity contribution in [2.24, 2.45) is 0 Å². The molecule has 17 heavy (non-hydrogen) atoms. The van der Waals surface area contributed by atoms with Crippen LogP contribution >= 0.6 is 0 Å². The third kappa shape index (κ3) is 1.58. The molecule has 1 fully saturated rings. The van der Waals surface area contributed by atoms with Gasteiger partial charge in [0.2, 0.25) is 0 Å². The van der Waals surface area contributed by atoms with Gasteiger partial charge in [-0.15, -0.1) is 0 Å². The van der Waals surface area contributed by atoms with Crippen molar-refractivity contribution >= 4 is 11.3 Å². The largest absolute Gasteiger partial charge is 0.386 e. The molecule has 0 radical (unpaired) electrons. The van der Waals surface area contributed by atoms with Crippen molar-refractivity contribution in [1.29, 1.82) is 0 Å². The first kappa shape index (κ1) is 10.5. The van der Waals surface area contributed by atoms with Crippen LogP contribution in [0.3, 0.4) is 0 Å². The maximum absolute atomic E-state index is 10.0. The normalized spacial score (nSPS) is 18.4. The fourth-order valence-corrected chi connectivity index (χ4v) is 2.31. The van der Waals surface area contributed by atoms with E-state index in [2.05, 4.69) is 15.0 Å². The second-order valence-corrected chi connectivity index (χ2v) is 4.80. The zero-order chi connectivity index (χ0) is 12.0. The van der Waals surface area contributed by atoms with E-state index in [0.717, 1.165) is 23.4 Å². The summed E-state index contributed by atoms with van der Waals surface area (Å²) < 4.78 is 1.83. The van der Waals surface area contributed by atoms with Gasteiger partial charge in [-0.3, -0.25) is 0 Å². The van der Waals surface area contributed by atoms with Gasteiger partial charge in [0.05, 0.1) is 24.4 Å². The molecule has 0 spiro atoms. The Kier molecular flexibility index (Phi) is 2.13. The molecule has 0 atom stereocenters. The Labute approximate surface area is 99.7 Å². The van der Waals surface area contributed by atoms with Gasteiger partial charge in [0.25, 0.3) is 0 Å². The monoisotopic (exact) mass is 232 g/mol. The third-order valence-corrected chi connectivity index (χ3v) is 3.42. The van der Waals surface area contributed by atoms with Gasteiger partial charge in [-0.25, -0.2) is 9.50 Å². The molecule has 0 aliphatic carbocycles. The van der Waals surface area contributed by atoms with Crippen LogP contribution in [-0.2, 0) is 0 Å². The summed E-state index contributed by atoms with van der Waals surface area (Å²) in [5, 5.41) is 14.4. The topological polar surface area (TPSA) is 53.7 Å². The van der Waals surface area contributed by atoms with Gasteiger partial charge in [0, 0.05) is 12.4 Å². The van der Waals surface area contributed by atoms with Gasteiger partial charge >= 0.3 is 0 Å². The number of β-amino-alcohol motifs (C(OH)–C–C–N with tert-alkyl or cyclic N) is 1. The molecule has 90 valence electrons. The minimum Gasteiger partial charge on any atom is -0.386 e. The van der Waals surface area contributed by atoms with Crippen molar-refractivity contribution in [3.63, 3.8) is 0 Å². The molecule has 1 saturated heterocycles. The molecule has 3 rings (SSSR count). The summed E-state index contributed by atoms with van der Waals surface area (Å²) >= 11 is 0. The van der Waals surface area contributed by atoms with Crippen LogP contribution in [0.15, 0.2) is 18.5 Å². The summed E-state index contributed by atoms with van der Waals surface area (Å²) in [7, 11) is 0. The molecule has 1 N–H and O–H groups in total. The van der Waals surface area contributed by atoms with Gasteiger partial charge in [-0.1, -0.05) is 6.92 Å². The van der Waals surface area contributed by atoms with Gasteiger partial charge in [-0.2, -0.15) is 5.10 Å². The van der Waals surface area contributed by atoms with Gasteiger partial charge < -0.3 is 10.0 Å². The molecule has 0 unspecified atom stereocenters. The van der Waals surface area contributed by atoms with Gasteiger partial charge in [-0.05, 0) is 19.4 Å². The first-order valence-electron chi connectivity index (χ1n) is 5.90. The number of fused-ring (bicyclic) bond motifs is 1. The lowest BCUT2D eigenvalue weighted by atomic mass is 9.91. The highest BCUT2D eigenvalue weighted by Gasteiger charge is 2.40. The summed E-state index contributed by atoms with van der Waals surface area (Å²) in [5.41, 5.74) is 1.44. The first-order chi connectivity index (χ1) is 8.11. The number of rotatable bonds is 2. The van der Waals surface area contributed by atoms with Crippen LogP contribution < -0.4 is 4.90 Å². The van der Waals surface area contributed by atoms with E-state index >= 15 is 0 Å². The smallest absolute Gasteiger partial charge is 0.154 e. The van der Waals surface area contributed by atoms with Crippen LogP contribution in [0.2, 0.25) is 0 Å². The first-order valence-corrected chi connectivity index (χ1v) is 5.90. The molecule has 0 aromatic carbocycles. The Hall–Kier alpha value is -1.62. The van der Waals surface area contributed by atoms with E-state index in [1.54, 1.807) is 6.20 Å². The minimum absolute atomic E-state index is 0.538. The van der Waals surface area contributed by atoms with E-state index in [1.165, 1.54) is 0 Å². The maximum Gasteiger partial charge on any atom is 0.154 e. The van der Waals surface area contributed by atoms with Crippen molar-refractivity contribution in [1.82, 2.24) is 14.6 Å². The quantitative estimate of drug-likeness (QED) is 0.839. The van der Waals surface area contributed by atoms with Crippen molar-refractivity contribution in [3.05, 3.63) is 24.2 Å². The highest BCUT2D eigenvalue weighted by Crippen LogP contribution is 2.31. The Bertz CT molecular complexity index is 557. The van der Waals surface area contributed by atoms with Gasteiger partial charge in [0.15, 0.2) is 5.82 Å². The summed E-state index contributed by atoms with van der Waals surface area (Å²) in [5.74, 6) is 0.909. The average Bonchev–Trinajstić information content (AvgIpc) is 2.64. The van der Waals surface area contributed by atoms with Crippen molar-refractivity contribution in [2.45, 2.75) is 25.9 Å². The Morgan fingerprint density at radius 1 is 1.47 bits per heavy atom. The molecular weight excluding hydrogens is 216 g/mol. The predicted molar refractivity (Wildman–Crippen MR) is 65.2 cm³/mol. The Balaban J connectivity index is 1.97. The average molecular weight is 232 g/mol.